The van der Waals surface area contributed by atoms with Crippen molar-refractivity contribution in [2.45, 2.75) is 44.6 Å². The van der Waals surface area contributed by atoms with Crippen LogP contribution in [0.1, 0.15) is 38.5 Å². The minimum atomic E-state index is -0.649. The molecule has 0 bridgehead atoms. The summed E-state index contributed by atoms with van der Waals surface area (Å²) in [5, 5.41) is 9.29. The van der Waals surface area contributed by atoms with E-state index in [1.807, 2.05) is 0 Å². The molecular weight excluding hydrogens is 218 g/mol. The van der Waals surface area contributed by atoms with Crippen LogP contribution in [0.25, 0.3) is 0 Å². The summed E-state index contributed by atoms with van der Waals surface area (Å²) < 4.78 is 5.48. The van der Waals surface area contributed by atoms with Crippen molar-refractivity contribution in [1.82, 2.24) is 4.90 Å². The lowest BCUT2D eigenvalue weighted by Crippen LogP contribution is -2.44. The van der Waals surface area contributed by atoms with Gasteiger partial charge in [-0.15, -0.1) is 0 Å². The Morgan fingerprint density at radius 3 is 2.82 bits per heavy atom. The summed E-state index contributed by atoms with van der Waals surface area (Å²) in [6.07, 6.45) is 6.47. The molecule has 2 fully saturated rings. The predicted octanol–water partition coefficient (Wildman–Crippen LogP) is 1.74. The van der Waals surface area contributed by atoms with E-state index in [-0.39, 0.29) is 6.04 Å². The number of ether oxygens (including phenoxy) is 1. The van der Waals surface area contributed by atoms with E-state index in [1.54, 1.807) is 0 Å². The van der Waals surface area contributed by atoms with Gasteiger partial charge < -0.3 is 9.84 Å². The van der Waals surface area contributed by atoms with Crippen molar-refractivity contribution in [3.63, 3.8) is 0 Å². The third-order valence-electron chi connectivity index (χ3n) is 3.90. The molecule has 0 aromatic heterocycles. The second kappa shape index (κ2) is 6.36. The molecule has 2 rings (SSSR count). The Bertz CT molecular complexity index is 251. The van der Waals surface area contributed by atoms with Gasteiger partial charge in [-0.25, -0.2) is 0 Å². The zero-order chi connectivity index (χ0) is 12.1. The molecule has 4 nitrogen and oxygen atoms in total. The maximum atomic E-state index is 11.3. The Morgan fingerprint density at radius 1 is 1.24 bits per heavy atom. The van der Waals surface area contributed by atoms with Gasteiger partial charge in [0.05, 0.1) is 6.61 Å². The third-order valence-corrected chi connectivity index (χ3v) is 3.90. The van der Waals surface area contributed by atoms with Crippen molar-refractivity contribution in [1.29, 1.82) is 0 Å². The van der Waals surface area contributed by atoms with Crippen molar-refractivity contribution in [2.75, 3.05) is 26.3 Å². The lowest BCUT2D eigenvalue weighted by Gasteiger charge is -2.32. The van der Waals surface area contributed by atoms with E-state index in [1.165, 1.54) is 12.8 Å². The van der Waals surface area contributed by atoms with E-state index in [9.17, 15) is 9.90 Å². The van der Waals surface area contributed by atoms with Crippen molar-refractivity contribution >= 4 is 5.97 Å². The number of aliphatic carboxylic acids is 1. The normalized spacial score (nSPS) is 32.0. The Hall–Kier alpha value is -0.610. The Kier molecular flexibility index (Phi) is 4.80. The van der Waals surface area contributed by atoms with Crippen LogP contribution in [0.5, 0.6) is 0 Å². The molecule has 2 unspecified atom stereocenters. The predicted molar refractivity (Wildman–Crippen MR) is 65.0 cm³/mol. The fraction of sp³-hybridized carbons (Fsp3) is 0.923. The molecule has 2 aliphatic rings. The number of carboxylic acids is 1. The smallest absolute Gasteiger partial charge is 0.320 e. The lowest BCUT2D eigenvalue weighted by molar-refractivity contribution is -0.143. The second-order valence-electron chi connectivity index (χ2n) is 5.28. The van der Waals surface area contributed by atoms with Crippen LogP contribution in [0.2, 0.25) is 0 Å². The molecule has 2 aliphatic heterocycles. The highest BCUT2D eigenvalue weighted by atomic mass is 16.5. The molecular formula is C13H23NO3. The summed E-state index contributed by atoms with van der Waals surface area (Å²) in [5.74, 6) is -0.118. The summed E-state index contributed by atoms with van der Waals surface area (Å²) >= 11 is 0. The molecule has 0 aliphatic carbocycles. The van der Waals surface area contributed by atoms with Crippen LogP contribution < -0.4 is 0 Å². The number of carboxylic acid groups (broad SMARTS) is 1. The molecule has 2 saturated heterocycles. The van der Waals surface area contributed by atoms with E-state index < -0.39 is 5.97 Å². The number of hydrogen-bond donors (Lipinski definition) is 1. The number of carbonyl (C=O) groups is 1. The summed E-state index contributed by atoms with van der Waals surface area (Å²) in [6, 6.07) is -0.264. The van der Waals surface area contributed by atoms with Crippen LogP contribution >= 0.6 is 0 Å². The van der Waals surface area contributed by atoms with E-state index >= 15 is 0 Å². The largest absolute Gasteiger partial charge is 0.480 e. The molecule has 2 atom stereocenters. The first-order valence-corrected chi connectivity index (χ1v) is 6.82. The lowest BCUT2D eigenvalue weighted by atomic mass is 10.0. The molecule has 1 N–H and O–H groups in total. The third kappa shape index (κ3) is 3.68. The maximum Gasteiger partial charge on any atom is 0.320 e. The fourth-order valence-electron chi connectivity index (χ4n) is 2.95. The molecule has 0 aromatic carbocycles. The van der Waals surface area contributed by atoms with Gasteiger partial charge in [0, 0.05) is 13.2 Å². The van der Waals surface area contributed by atoms with Crippen molar-refractivity contribution < 1.29 is 14.6 Å². The molecule has 0 aromatic rings. The van der Waals surface area contributed by atoms with Crippen molar-refractivity contribution in [3.8, 4) is 0 Å². The van der Waals surface area contributed by atoms with Crippen LogP contribution in [0.4, 0.5) is 0 Å². The number of likely N-dealkylation sites (tertiary alicyclic amines) is 1. The van der Waals surface area contributed by atoms with Gasteiger partial charge in [-0.1, -0.05) is 12.8 Å². The Morgan fingerprint density at radius 2 is 2.12 bits per heavy atom. The van der Waals surface area contributed by atoms with Gasteiger partial charge in [-0.3, -0.25) is 9.69 Å². The standard InChI is InChI=1S/C13H23NO3/c15-13(16)12-6-2-1-3-7-14(12)9-11-5-4-8-17-10-11/h11-12H,1-10H2,(H,15,16). The van der Waals surface area contributed by atoms with E-state index in [0.717, 1.165) is 52.0 Å². The SMILES string of the molecule is O=C(O)C1CCCCCN1CC1CCCOC1. The minimum absolute atomic E-state index is 0.264. The number of hydrogen-bond acceptors (Lipinski definition) is 3. The fourth-order valence-corrected chi connectivity index (χ4v) is 2.95. The second-order valence-corrected chi connectivity index (χ2v) is 5.28. The molecule has 0 spiro atoms. The van der Waals surface area contributed by atoms with Gasteiger partial charge >= 0.3 is 5.97 Å². The molecule has 4 heteroatoms. The molecule has 0 amide bonds. The summed E-state index contributed by atoms with van der Waals surface area (Å²) in [7, 11) is 0. The molecule has 2 heterocycles. The van der Waals surface area contributed by atoms with Crippen LogP contribution in [-0.4, -0.2) is 48.3 Å². The van der Waals surface area contributed by atoms with Gasteiger partial charge in [-0.2, -0.15) is 0 Å². The van der Waals surface area contributed by atoms with E-state index in [2.05, 4.69) is 4.90 Å². The van der Waals surface area contributed by atoms with Crippen LogP contribution in [0.3, 0.4) is 0 Å². The van der Waals surface area contributed by atoms with Gasteiger partial charge in [-0.05, 0) is 38.1 Å². The van der Waals surface area contributed by atoms with E-state index in [0.29, 0.717) is 5.92 Å². The topological polar surface area (TPSA) is 49.8 Å². The summed E-state index contributed by atoms with van der Waals surface area (Å²) in [4.78, 5) is 13.5. The molecule has 0 saturated carbocycles. The van der Waals surface area contributed by atoms with Crippen LogP contribution in [0, 0.1) is 5.92 Å². The Balaban J connectivity index is 1.91. The first-order chi connectivity index (χ1) is 8.27. The van der Waals surface area contributed by atoms with Crippen LogP contribution in [-0.2, 0) is 9.53 Å². The first-order valence-electron chi connectivity index (χ1n) is 6.82. The van der Waals surface area contributed by atoms with Gasteiger partial charge in [0.1, 0.15) is 6.04 Å². The van der Waals surface area contributed by atoms with Gasteiger partial charge in [0.15, 0.2) is 0 Å². The quantitative estimate of drug-likeness (QED) is 0.817. The van der Waals surface area contributed by atoms with Crippen LogP contribution in [0.15, 0.2) is 0 Å². The highest BCUT2D eigenvalue weighted by molar-refractivity contribution is 5.73. The summed E-state index contributed by atoms with van der Waals surface area (Å²) in [6.45, 7) is 3.52. The zero-order valence-corrected chi connectivity index (χ0v) is 10.4. The molecule has 17 heavy (non-hydrogen) atoms. The zero-order valence-electron chi connectivity index (χ0n) is 10.4. The highest BCUT2D eigenvalue weighted by Crippen LogP contribution is 2.21. The maximum absolute atomic E-state index is 11.3. The first kappa shape index (κ1) is 12.8. The van der Waals surface area contributed by atoms with Crippen molar-refractivity contribution in [3.05, 3.63) is 0 Å². The number of nitrogens with zero attached hydrogens (tertiary/aromatic N) is 1. The molecule has 0 radical (unpaired) electrons. The number of rotatable bonds is 3. The highest BCUT2D eigenvalue weighted by Gasteiger charge is 2.29. The van der Waals surface area contributed by atoms with Crippen molar-refractivity contribution in [2.24, 2.45) is 5.92 Å². The average Bonchev–Trinajstić information content (AvgIpc) is 2.56. The average molecular weight is 241 g/mol. The monoisotopic (exact) mass is 241 g/mol. The molecule has 98 valence electrons. The van der Waals surface area contributed by atoms with E-state index in [4.69, 9.17) is 4.74 Å². The van der Waals surface area contributed by atoms with Gasteiger partial charge in [0.25, 0.3) is 0 Å². The minimum Gasteiger partial charge on any atom is -0.480 e. The Labute approximate surface area is 103 Å². The summed E-state index contributed by atoms with van der Waals surface area (Å²) in [5.41, 5.74) is 0. The van der Waals surface area contributed by atoms with Gasteiger partial charge in [0.2, 0.25) is 0 Å².